The third-order valence-electron chi connectivity index (χ3n) is 3.65. The van der Waals surface area contributed by atoms with Crippen molar-refractivity contribution in [3.05, 3.63) is 62.4 Å². The largest absolute Gasteiger partial charge is 0.465 e. The van der Waals surface area contributed by atoms with Crippen molar-refractivity contribution in [3.8, 4) is 11.5 Å². The molecule has 0 spiro atoms. The molecule has 0 heterocycles. The predicted molar refractivity (Wildman–Crippen MR) is 98.5 cm³/mol. The van der Waals surface area contributed by atoms with Gasteiger partial charge in [0.05, 0.1) is 22.1 Å². The monoisotopic (exact) mass is 464 g/mol. The summed E-state index contributed by atoms with van der Waals surface area (Å²) < 4.78 is 62.1. The number of benzene rings is 2. The summed E-state index contributed by atoms with van der Waals surface area (Å²) in [6.45, 7) is 1.02. The van der Waals surface area contributed by atoms with E-state index in [0.29, 0.717) is 6.07 Å². The Hall–Kier alpha value is -3.41. The summed E-state index contributed by atoms with van der Waals surface area (Å²) >= 11 is 5.69. The molecule has 13 heteroatoms. The van der Waals surface area contributed by atoms with Gasteiger partial charge in [0.2, 0.25) is 0 Å². The summed E-state index contributed by atoms with van der Waals surface area (Å²) in [4.78, 5) is 33.9. The number of carbonyl (C=O) groups is 2. The van der Waals surface area contributed by atoms with Crippen LogP contribution >= 0.6 is 11.6 Å². The molecule has 2 rings (SSSR count). The zero-order valence-corrected chi connectivity index (χ0v) is 16.3. The fraction of sp³-hybridized carbons (Fsp3) is 0.222. The minimum Gasteiger partial charge on any atom is -0.465 e. The average molecular weight is 465 g/mol. The maximum Gasteiger partial charge on any atom is 0.416 e. The van der Waals surface area contributed by atoms with Crippen LogP contribution in [0.5, 0.6) is 11.5 Å². The number of nitrogens with one attached hydrogen (secondary N) is 1. The van der Waals surface area contributed by atoms with Crippen LogP contribution in [-0.2, 0) is 15.7 Å². The van der Waals surface area contributed by atoms with E-state index in [1.54, 1.807) is 0 Å². The Bertz CT molecular complexity index is 1010. The Kier molecular flexibility index (Phi) is 7.39. The van der Waals surface area contributed by atoms with Crippen LogP contribution in [0.2, 0.25) is 5.02 Å². The second-order valence-corrected chi connectivity index (χ2v) is 6.20. The number of nitrogens with zero attached hydrogens (tertiary/aromatic N) is 1. The van der Waals surface area contributed by atoms with Gasteiger partial charge in [0, 0.05) is 12.1 Å². The fourth-order valence-corrected chi connectivity index (χ4v) is 2.56. The van der Waals surface area contributed by atoms with E-state index in [1.165, 1.54) is 6.92 Å². The molecular formula is C18H13ClF4N2O6. The van der Waals surface area contributed by atoms with Gasteiger partial charge in [-0.15, -0.1) is 0 Å². The summed E-state index contributed by atoms with van der Waals surface area (Å²) in [7, 11) is 0. The van der Waals surface area contributed by atoms with Gasteiger partial charge in [-0.2, -0.15) is 13.2 Å². The van der Waals surface area contributed by atoms with Crippen LogP contribution in [0.15, 0.2) is 30.3 Å². The van der Waals surface area contributed by atoms with Gasteiger partial charge in [-0.05, 0) is 25.1 Å². The Labute approximate surface area is 176 Å². The minimum atomic E-state index is -4.85. The Morgan fingerprint density at radius 3 is 2.45 bits per heavy atom. The lowest BCUT2D eigenvalue weighted by Crippen LogP contribution is -2.31. The fourth-order valence-electron chi connectivity index (χ4n) is 2.32. The van der Waals surface area contributed by atoms with Gasteiger partial charge in [-0.1, -0.05) is 11.6 Å². The zero-order chi connectivity index (χ0) is 23.3. The Morgan fingerprint density at radius 2 is 1.90 bits per heavy atom. The topological polar surface area (TPSA) is 108 Å². The summed E-state index contributed by atoms with van der Waals surface area (Å²) in [5.41, 5.74) is -2.55. The quantitative estimate of drug-likeness (QED) is 0.280. The van der Waals surface area contributed by atoms with Crippen molar-refractivity contribution in [1.82, 2.24) is 5.32 Å². The number of halogens is 5. The van der Waals surface area contributed by atoms with Gasteiger partial charge >= 0.3 is 12.1 Å². The standard InChI is InChI=1S/C18H13ClF4N2O6/c1-2-30-15(26)8-24-17(27)11-7-10(3-4-14(11)25(28)29)31-16-12(19)5-9(6-13(16)20)18(21,22)23/h3-7H,2,8H2,1H3,(H,24,27). The summed E-state index contributed by atoms with van der Waals surface area (Å²) in [5.74, 6) is -4.37. The van der Waals surface area contributed by atoms with E-state index in [0.717, 1.165) is 18.2 Å². The van der Waals surface area contributed by atoms with Crippen molar-refractivity contribution in [2.75, 3.05) is 13.2 Å². The van der Waals surface area contributed by atoms with E-state index in [2.05, 4.69) is 10.1 Å². The van der Waals surface area contributed by atoms with E-state index in [9.17, 15) is 37.3 Å². The van der Waals surface area contributed by atoms with Crippen LogP contribution in [0, 0.1) is 15.9 Å². The molecule has 0 saturated heterocycles. The van der Waals surface area contributed by atoms with Crippen LogP contribution < -0.4 is 10.1 Å². The van der Waals surface area contributed by atoms with Gasteiger partial charge in [-0.25, -0.2) is 4.39 Å². The maximum absolute atomic E-state index is 14.1. The van der Waals surface area contributed by atoms with Gasteiger partial charge in [0.25, 0.3) is 11.6 Å². The van der Waals surface area contributed by atoms with E-state index in [4.69, 9.17) is 16.3 Å². The third kappa shape index (κ3) is 6.04. The van der Waals surface area contributed by atoms with Crippen LogP contribution in [0.4, 0.5) is 23.2 Å². The zero-order valence-electron chi connectivity index (χ0n) is 15.6. The molecule has 0 aliphatic heterocycles. The lowest BCUT2D eigenvalue weighted by molar-refractivity contribution is -0.385. The number of nitro groups is 1. The number of hydrogen-bond donors (Lipinski definition) is 1. The average Bonchev–Trinajstić information content (AvgIpc) is 2.68. The maximum atomic E-state index is 14.1. The van der Waals surface area contributed by atoms with E-state index >= 15 is 0 Å². The SMILES string of the molecule is CCOC(=O)CNC(=O)c1cc(Oc2c(F)cc(C(F)(F)F)cc2Cl)ccc1[N+](=O)[O-]. The van der Waals surface area contributed by atoms with E-state index < -0.39 is 62.9 Å². The molecule has 166 valence electrons. The van der Waals surface area contributed by atoms with Gasteiger partial charge in [0.1, 0.15) is 17.9 Å². The van der Waals surface area contributed by atoms with Gasteiger partial charge in [0.15, 0.2) is 11.6 Å². The lowest BCUT2D eigenvalue weighted by atomic mass is 10.1. The van der Waals surface area contributed by atoms with Crippen LogP contribution in [0.1, 0.15) is 22.8 Å². The molecule has 31 heavy (non-hydrogen) atoms. The van der Waals surface area contributed by atoms with Crippen molar-refractivity contribution < 1.29 is 41.5 Å². The first-order chi connectivity index (χ1) is 14.4. The first-order valence-corrected chi connectivity index (χ1v) is 8.78. The molecule has 0 aliphatic rings. The van der Waals surface area contributed by atoms with Crippen LogP contribution in [0.3, 0.4) is 0 Å². The molecule has 2 aromatic carbocycles. The summed E-state index contributed by atoms with van der Waals surface area (Å²) in [6, 6.07) is 3.32. The van der Waals surface area contributed by atoms with Crippen molar-refractivity contribution in [2.24, 2.45) is 0 Å². The highest BCUT2D eigenvalue weighted by Crippen LogP contribution is 2.39. The van der Waals surface area contributed by atoms with Crippen LogP contribution in [0.25, 0.3) is 0 Å². The first-order valence-electron chi connectivity index (χ1n) is 8.40. The Balaban J connectivity index is 2.35. The van der Waals surface area contributed by atoms with Crippen molar-refractivity contribution in [1.29, 1.82) is 0 Å². The Morgan fingerprint density at radius 1 is 1.23 bits per heavy atom. The highest BCUT2D eigenvalue weighted by Gasteiger charge is 2.33. The summed E-state index contributed by atoms with van der Waals surface area (Å²) in [5, 5.41) is 12.6. The molecule has 0 saturated carbocycles. The molecule has 1 amide bonds. The molecule has 0 fully saturated rings. The molecule has 0 unspecified atom stereocenters. The molecule has 2 aromatic rings. The molecular weight excluding hydrogens is 452 g/mol. The second kappa shape index (κ2) is 9.60. The number of alkyl halides is 3. The van der Waals surface area contributed by atoms with E-state index in [-0.39, 0.29) is 18.4 Å². The second-order valence-electron chi connectivity index (χ2n) is 5.79. The third-order valence-corrected chi connectivity index (χ3v) is 3.93. The highest BCUT2D eigenvalue weighted by molar-refractivity contribution is 6.32. The first kappa shape index (κ1) is 23.9. The number of nitro benzene ring substituents is 1. The van der Waals surface area contributed by atoms with Gasteiger partial charge in [-0.3, -0.25) is 19.7 Å². The number of ether oxygens (including phenoxy) is 2. The summed E-state index contributed by atoms with van der Waals surface area (Å²) in [6.07, 6.45) is -4.85. The molecule has 0 radical (unpaired) electrons. The predicted octanol–water partition coefficient (Wildman–Crippen LogP) is 4.49. The van der Waals surface area contributed by atoms with Gasteiger partial charge < -0.3 is 14.8 Å². The molecule has 0 atom stereocenters. The smallest absolute Gasteiger partial charge is 0.416 e. The lowest BCUT2D eigenvalue weighted by Gasteiger charge is -2.13. The number of amides is 1. The molecule has 1 N–H and O–H groups in total. The number of carbonyl (C=O) groups excluding carboxylic acids is 2. The molecule has 0 aliphatic carbocycles. The van der Waals surface area contributed by atoms with Crippen molar-refractivity contribution in [3.63, 3.8) is 0 Å². The number of esters is 1. The molecule has 0 aromatic heterocycles. The highest BCUT2D eigenvalue weighted by atomic mass is 35.5. The number of rotatable bonds is 7. The van der Waals surface area contributed by atoms with Crippen LogP contribution in [-0.4, -0.2) is 30.0 Å². The van der Waals surface area contributed by atoms with Crippen molar-refractivity contribution in [2.45, 2.75) is 13.1 Å². The molecule has 8 nitrogen and oxygen atoms in total. The van der Waals surface area contributed by atoms with E-state index in [1.807, 2.05) is 0 Å². The normalized spacial score (nSPS) is 11.0. The minimum absolute atomic E-state index is 0.0532. The molecule has 0 bridgehead atoms. The number of hydrogen-bond acceptors (Lipinski definition) is 6. The van der Waals surface area contributed by atoms with Crippen molar-refractivity contribution >= 4 is 29.2 Å².